The molecule has 1 aliphatic carbocycles. The van der Waals surface area contributed by atoms with Crippen molar-refractivity contribution in [2.45, 2.75) is 44.4 Å². The first-order valence-electron chi connectivity index (χ1n) is 7.33. The third kappa shape index (κ3) is 2.08. The van der Waals surface area contributed by atoms with Gasteiger partial charge in [-0.2, -0.15) is 0 Å². The van der Waals surface area contributed by atoms with Crippen LogP contribution < -0.4 is 9.47 Å². The molecule has 0 amide bonds. The van der Waals surface area contributed by atoms with E-state index in [1.165, 1.54) is 0 Å². The van der Waals surface area contributed by atoms with Crippen molar-refractivity contribution in [3.05, 3.63) is 22.2 Å². The van der Waals surface area contributed by atoms with Gasteiger partial charge in [-0.05, 0) is 36.0 Å². The Morgan fingerprint density at radius 2 is 2.00 bits per heavy atom. The van der Waals surface area contributed by atoms with Crippen LogP contribution in [0.3, 0.4) is 0 Å². The average molecular weight is 311 g/mol. The van der Waals surface area contributed by atoms with Gasteiger partial charge in [0.15, 0.2) is 11.5 Å². The number of aliphatic carboxylic acids is 1. The zero-order valence-corrected chi connectivity index (χ0v) is 13.0. The van der Waals surface area contributed by atoms with Crippen LogP contribution in [0.25, 0.3) is 0 Å². The molecule has 0 aromatic heterocycles. The molecule has 0 saturated heterocycles. The number of fused-ring (bicyclic) bond motifs is 1. The average Bonchev–Trinajstić information content (AvgIpc) is 2.36. The first kappa shape index (κ1) is 14.5. The van der Waals surface area contributed by atoms with Crippen molar-refractivity contribution >= 4 is 17.6 Å². The molecule has 1 aliphatic heterocycles. The predicted molar refractivity (Wildman–Crippen MR) is 79.7 cm³/mol. The number of carbonyl (C=O) groups is 1. The van der Waals surface area contributed by atoms with Crippen LogP contribution in [0.2, 0.25) is 5.02 Å². The summed E-state index contributed by atoms with van der Waals surface area (Å²) in [6, 6.07) is 1.84. The number of carboxylic acids is 1. The number of rotatable bonds is 3. The lowest BCUT2D eigenvalue weighted by molar-refractivity contribution is -0.147. The lowest BCUT2D eigenvalue weighted by Gasteiger charge is -2.41. The van der Waals surface area contributed by atoms with Gasteiger partial charge in [-0.1, -0.05) is 31.9 Å². The van der Waals surface area contributed by atoms with Crippen molar-refractivity contribution in [3.8, 4) is 11.5 Å². The van der Waals surface area contributed by atoms with Crippen LogP contribution in [-0.4, -0.2) is 24.3 Å². The summed E-state index contributed by atoms with van der Waals surface area (Å²) in [6.07, 6.45) is 2.23. The minimum atomic E-state index is -0.820. The zero-order valence-electron chi connectivity index (χ0n) is 12.2. The number of hydrogen-bond acceptors (Lipinski definition) is 3. The molecule has 1 aromatic carbocycles. The van der Waals surface area contributed by atoms with Gasteiger partial charge >= 0.3 is 5.97 Å². The summed E-state index contributed by atoms with van der Waals surface area (Å²) in [4.78, 5) is 11.8. The van der Waals surface area contributed by atoms with Gasteiger partial charge in [0, 0.05) is 0 Å². The minimum absolute atomic E-state index is 0.125. The lowest BCUT2D eigenvalue weighted by atomic mass is 9.62. The first-order valence-corrected chi connectivity index (χ1v) is 7.71. The van der Waals surface area contributed by atoms with E-state index < -0.39 is 11.4 Å². The first-order chi connectivity index (χ1) is 9.97. The normalized spacial score (nSPS) is 19.2. The molecule has 1 saturated carbocycles. The Kier molecular flexibility index (Phi) is 3.52. The number of ether oxygens (including phenoxy) is 2. The Labute approximate surface area is 129 Å². The molecular weight excluding hydrogens is 292 g/mol. The Hall–Kier alpha value is -1.42. The molecule has 0 radical (unpaired) electrons. The van der Waals surface area contributed by atoms with Gasteiger partial charge < -0.3 is 14.6 Å². The number of carboxylic acid groups (broad SMARTS) is 1. The molecule has 1 heterocycles. The number of hydrogen-bond donors (Lipinski definition) is 1. The molecule has 0 spiro atoms. The van der Waals surface area contributed by atoms with Crippen LogP contribution in [0.5, 0.6) is 11.5 Å². The highest BCUT2D eigenvalue weighted by Gasteiger charge is 2.48. The van der Waals surface area contributed by atoms with Gasteiger partial charge in [0.05, 0.1) is 10.4 Å². The molecule has 1 fully saturated rings. The van der Waals surface area contributed by atoms with E-state index in [-0.39, 0.29) is 5.92 Å². The fourth-order valence-electron chi connectivity index (χ4n) is 3.25. The van der Waals surface area contributed by atoms with Crippen LogP contribution in [0.1, 0.15) is 50.2 Å². The SMILES string of the molecule is CC(C)c1c(C2(C(=O)O)CCC2)cc2c(c1Cl)OCCO2. The Morgan fingerprint density at radius 3 is 2.52 bits per heavy atom. The molecule has 2 aliphatic rings. The monoisotopic (exact) mass is 310 g/mol. The Balaban J connectivity index is 2.24. The summed E-state index contributed by atoms with van der Waals surface area (Å²) in [5.41, 5.74) is 0.854. The molecule has 3 rings (SSSR count). The van der Waals surface area contributed by atoms with Crippen LogP contribution in [0.15, 0.2) is 6.07 Å². The van der Waals surface area contributed by atoms with E-state index in [1.54, 1.807) is 0 Å². The maximum atomic E-state index is 11.8. The van der Waals surface area contributed by atoms with Crippen molar-refractivity contribution in [2.24, 2.45) is 0 Å². The highest BCUT2D eigenvalue weighted by atomic mass is 35.5. The van der Waals surface area contributed by atoms with Gasteiger partial charge in [0.25, 0.3) is 0 Å². The summed E-state index contributed by atoms with van der Waals surface area (Å²) in [5.74, 6) is 0.469. The van der Waals surface area contributed by atoms with Crippen LogP contribution in [0, 0.1) is 0 Å². The standard InChI is InChI=1S/C16H19ClO4/c1-9(2)12-10(16(15(18)19)4-3-5-16)8-11-14(13(12)17)21-7-6-20-11/h8-9H,3-7H2,1-2H3,(H,18,19). The van der Waals surface area contributed by atoms with Crippen molar-refractivity contribution in [3.63, 3.8) is 0 Å². The van der Waals surface area contributed by atoms with E-state index in [0.29, 0.717) is 42.6 Å². The van der Waals surface area contributed by atoms with Crippen molar-refractivity contribution in [1.29, 1.82) is 0 Å². The molecule has 5 heteroatoms. The van der Waals surface area contributed by atoms with Crippen molar-refractivity contribution < 1.29 is 19.4 Å². The molecule has 1 N–H and O–H groups in total. The van der Waals surface area contributed by atoms with Gasteiger partial charge in [0.1, 0.15) is 13.2 Å². The Morgan fingerprint density at radius 1 is 1.33 bits per heavy atom. The third-order valence-electron chi connectivity index (χ3n) is 4.52. The summed E-state index contributed by atoms with van der Waals surface area (Å²) >= 11 is 6.52. The Bertz CT molecular complexity index is 590. The molecule has 0 atom stereocenters. The maximum Gasteiger partial charge on any atom is 0.314 e. The van der Waals surface area contributed by atoms with Crippen LogP contribution >= 0.6 is 11.6 Å². The second-order valence-corrected chi connectivity index (χ2v) is 6.45. The smallest absolute Gasteiger partial charge is 0.314 e. The quantitative estimate of drug-likeness (QED) is 0.924. The summed E-state index contributed by atoms with van der Waals surface area (Å²) in [5, 5.41) is 10.2. The summed E-state index contributed by atoms with van der Waals surface area (Å²) in [6.45, 7) is 4.97. The van der Waals surface area contributed by atoms with E-state index in [0.717, 1.165) is 17.5 Å². The lowest BCUT2D eigenvalue weighted by Crippen LogP contribution is -2.43. The zero-order chi connectivity index (χ0) is 15.2. The third-order valence-corrected chi connectivity index (χ3v) is 4.90. The molecule has 1 aromatic rings. The van der Waals surface area contributed by atoms with Gasteiger partial charge in [-0.25, -0.2) is 0 Å². The van der Waals surface area contributed by atoms with E-state index in [2.05, 4.69) is 0 Å². The summed E-state index contributed by atoms with van der Waals surface area (Å²) < 4.78 is 11.2. The van der Waals surface area contributed by atoms with Crippen LogP contribution in [-0.2, 0) is 10.2 Å². The van der Waals surface area contributed by atoms with Gasteiger partial charge in [0.2, 0.25) is 0 Å². The van der Waals surface area contributed by atoms with E-state index in [4.69, 9.17) is 21.1 Å². The number of benzene rings is 1. The predicted octanol–water partition coefficient (Wildman–Crippen LogP) is 3.74. The van der Waals surface area contributed by atoms with E-state index in [9.17, 15) is 9.90 Å². The molecule has 21 heavy (non-hydrogen) atoms. The topological polar surface area (TPSA) is 55.8 Å². The molecule has 114 valence electrons. The molecular formula is C16H19ClO4. The summed E-state index contributed by atoms with van der Waals surface area (Å²) in [7, 11) is 0. The molecule has 0 bridgehead atoms. The van der Waals surface area contributed by atoms with Gasteiger partial charge in [-0.3, -0.25) is 4.79 Å². The maximum absolute atomic E-state index is 11.8. The largest absolute Gasteiger partial charge is 0.486 e. The second-order valence-electron chi connectivity index (χ2n) is 6.07. The highest BCUT2D eigenvalue weighted by Crippen LogP contribution is 2.52. The van der Waals surface area contributed by atoms with Crippen molar-refractivity contribution in [1.82, 2.24) is 0 Å². The second kappa shape index (κ2) is 5.09. The minimum Gasteiger partial charge on any atom is -0.486 e. The van der Waals surface area contributed by atoms with Crippen LogP contribution in [0.4, 0.5) is 0 Å². The fraction of sp³-hybridized carbons (Fsp3) is 0.562. The fourth-order valence-corrected chi connectivity index (χ4v) is 3.72. The molecule has 0 unspecified atom stereocenters. The van der Waals surface area contributed by atoms with Gasteiger partial charge in [-0.15, -0.1) is 0 Å². The van der Waals surface area contributed by atoms with Crippen molar-refractivity contribution in [2.75, 3.05) is 13.2 Å². The van der Waals surface area contributed by atoms with E-state index >= 15 is 0 Å². The molecule has 4 nitrogen and oxygen atoms in total. The highest BCUT2D eigenvalue weighted by molar-refractivity contribution is 6.33. The van der Waals surface area contributed by atoms with E-state index in [1.807, 2.05) is 19.9 Å². The number of halogens is 1.